The second-order valence-electron chi connectivity index (χ2n) is 6.00. The highest BCUT2D eigenvalue weighted by Crippen LogP contribution is 2.35. The molecule has 1 aromatic rings. The van der Waals surface area contributed by atoms with Crippen LogP contribution in [0.4, 0.5) is 5.69 Å². The third-order valence-corrected chi connectivity index (χ3v) is 3.60. The van der Waals surface area contributed by atoms with Crippen molar-refractivity contribution in [2.45, 2.75) is 33.3 Å². The second kappa shape index (κ2) is 4.85. The molecule has 4 heteroatoms. The molecule has 1 aliphatic heterocycles. The maximum Gasteiger partial charge on any atom is 0.267 e. The van der Waals surface area contributed by atoms with Gasteiger partial charge in [-0.2, -0.15) is 0 Å². The number of fused-ring (bicyclic) bond motifs is 1. The van der Waals surface area contributed by atoms with Gasteiger partial charge in [0.05, 0.1) is 5.69 Å². The van der Waals surface area contributed by atoms with Crippen molar-refractivity contribution in [1.29, 1.82) is 0 Å². The highest BCUT2D eigenvalue weighted by Gasteiger charge is 2.29. The highest BCUT2D eigenvalue weighted by molar-refractivity contribution is 5.99. The Morgan fingerprint density at radius 2 is 2.11 bits per heavy atom. The second-order valence-corrected chi connectivity index (χ2v) is 6.00. The van der Waals surface area contributed by atoms with Crippen LogP contribution in [-0.2, 0) is 11.2 Å². The summed E-state index contributed by atoms with van der Waals surface area (Å²) >= 11 is 0. The number of benzene rings is 1. The third-order valence-electron chi connectivity index (χ3n) is 3.60. The van der Waals surface area contributed by atoms with E-state index in [1.807, 2.05) is 18.2 Å². The lowest BCUT2D eigenvalue weighted by molar-refractivity contribution is -0.125. The van der Waals surface area contributed by atoms with Crippen molar-refractivity contribution >= 4 is 11.6 Å². The Bertz CT molecular complexity index is 497. The van der Waals surface area contributed by atoms with Gasteiger partial charge in [-0.15, -0.1) is 0 Å². The molecule has 0 spiro atoms. The summed E-state index contributed by atoms with van der Waals surface area (Å²) in [6.07, 6.45) is 0.474. The minimum absolute atomic E-state index is 0.0115. The van der Waals surface area contributed by atoms with Crippen molar-refractivity contribution in [3.8, 4) is 5.75 Å². The Balaban J connectivity index is 2.30. The Hall–Kier alpha value is -1.55. The molecule has 4 nitrogen and oxygen atoms in total. The lowest BCUT2D eigenvalue weighted by atomic mass is 9.86. The monoisotopic (exact) mass is 262 g/mol. The van der Waals surface area contributed by atoms with E-state index in [2.05, 4.69) is 13.8 Å². The summed E-state index contributed by atoms with van der Waals surface area (Å²) in [7, 11) is 1.78. The van der Waals surface area contributed by atoms with Gasteiger partial charge in [-0.25, -0.2) is 0 Å². The maximum absolute atomic E-state index is 11.8. The summed E-state index contributed by atoms with van der Waals surface area (Å²) in [5.74, 6) is 0.766. The first kappa shape index (κ1) is 13.9. The molecule has 0 saturated carbocycles. The van der Waals surface area contributed by atoms with E-state index in [-0.39, 0.29) is 11.3 Å². The standard InChI is InChI=1S/C15H22N2O2/c1-10-14(18)17(4)12-6-5-11(7-13(12)19-10)8-15(2,3)9-16/h5-7,10H,8-9,16H2,1-4H3. The van der Waals surface area contributed by atoms with E-state index in [0.717, 1.165) is 17.9 Å². The van der Waals surface area contributed by atoms with Crippen molar-refractivity contribution in [1.82, 2.24) is 0 Å². The molecule has 1 aliphatic rings. The van der Waals surface area contributed by atoms with Gasteiger partial charge in [-0.1, -0.05) is 19.9 Å². The van der Waals surface area contributed by atoms with E-state index in [1.165, 1.54) is 5.56 Å². The average Bonchev–Trinajstić information content (AvgIpc) is 2.35. The molecule has 19 heavy (non-hydrogen) atoms. The summed E-state index contributed by atoms with van der Waals surface area (Å²) in [6, 6.07) is 6.01. The van der Waals surface area contributed by atoms with E-state index in [9.17, 15) is 4.79 Å². The molecule has 1 amide bonds. The normalized spacial score (nSPS) is 19.1. The topological polar surface area (TPSA) is 55.6 Å². The molecule has 2 rings (SSSR count). The van der Waals surface area contributed by atoms with Crippen molar-refractivity contribution < 1.29 is 9.53 Å². The number of amides is 1. The molecule has 0 bridgehead atoms. The molecule has 0 saturated heterocycles. The number of likely N-dealkylation sites (N-methyl/N-ethyl adjacent to an activating group) is 1. The van der Waals surface area contributed by atoms with E-state index < -0.39 is 6.10 Å². The number of hydrogen-bond donors (Lipinski definition) is 1. The molecule has 0 aromatic heterocycles. The van der Waals surface area contributed by atoms with Crippen molar-refractivity contribution in [3.05, 3.63) is 23.8 Å². The first-order chi connectivity index (χ1) is 8.84. The van der Waals surface area contributed by atoms with Gasteiger partial charge in [0.1, 0.15) is 5.75 Å². The maximum atomic E-state index is 11.8. The Morgan fingerprint density at radius 1 is 1.42 bits per heavy atom. The molecule has 1 unspecified atom stereocenters. The fraction of sp³-hybridized carbons (Fsp3) is 0.533. The van der Waals surface area contributed by atoms with Crippen LogP contribution in [0, 0.1) is 5.41 Å². The Labute approximate surface area is 114 Å². The number of nitrogens with two attached hydrogens (primary N) is 1. The SMILES string of the molecule is CC1Oc2cc(CC(C)(C)CN)ccc2N(C)C1=O. The Kier molecular flexibility index (Phi) is 3.54. The summed E-state index contributed by atoms with van der Waals surface area (Å²) in [6.45, 7) is 6.70. The largest absolute Gasteiger partial charge is 0.479 e. The van der Waals surface area contributed by atoms with Crippen molar-refractivity contribution in [3.63, 3.8) is 0 Å². The fourth-order valence-electron chi connectivity index (χ4n) is 2.30. The van der Waals surface area contributed by atoms with Gasteiger partial charge in [0, 0.05) is 7.05 Å². The number of carbonyl (C=O) groups excluding carboxylic acids is 1. The third kappa shape index (κ3) is 2.73. The summed E-state index contributed by atoms with van der Waals surface area (Å²) in [5.41, 5.74) is 7.85. The zero-order valence-corrected chi connectivity index (χ0v) is 12.1. The lowest BCUT2D eigenvalue weighted by Gasteiger charge is -2.31. The van der Waals surface area contributed by atoms with Crippen LogP contribution in [0.5, 0.6) is 5.75 Å². The van der Waals surface area contributed by atoms with Crippen molar-refractivity contribution in [2.24, 2.45) is 11.1 Å². The van der Waals surface area contributed by atoms with E-state index in [4.69, 9.17) is 10.5 Å². The number of ether oxygens (including phenoxy) is 1. The average molecular weight is 262 g/mol. The van der Waals surface area contributed by atoms with Crippen LogP contribution in [0.2, 0.25) is 0 Å². The number of anilines is 1. The van der Waals surface area contributed by atoms with Gasteiger partial charge < -0.3 is 15.4 Å². The van der Waals surface area contributed by atoms with Crippen LogP contribution in [-0.4, -0.2) is 25.6 Å². The van der Waals surface area contributed by atoms with Crippen molar-refractivity contribution in [2.75, 3.05) is 18.5 Å². The Morgan fingerprint density at radius 3 is 2.74 bits per heavy atom. The first-order valence-electron chi connectivity index (χ1n) is 6.61. The summed E-state index contributed by atoms with van der Waals surface area (Å²) in [4.78, 5) is 13.5. The molecule has 1 aromatic carbocycles. The predicted octanol–water partition coefficient (Wildman–Crippen LogP) is 1.96. The number of nitrogens with zero attached hydrogens (tertiary/aromatic N) is 1. The molecule has 1 heterocycles. The smallest absolute Gasteiger partial charge is 0.267 e. The fourth-order valence-corrected chi connectivity index (χ4v) is 2.30. The first-order valence-corrected chi connectivity index (χ1v) is 6.61. The van der Waals surface area contributed by atoms with Gasteiger partial charge in [0.15, 0.2) is 6.10 Å². The molecule has 104 valence electrons. The quantitative estimate of drug-likeness (QED) is 0.906. The van der Waals surface area contributed by atoms with E-state index >= 15 is 0 Å². The molecule has 0 fully saturated rings. The van der Waals surface area contributed by atoms with Crippen LogP contribution in [0.3, 0.4) is 0 Å². The van der Waals surface area contributed by atoms with Gasteiger partial charge in [-0.05, 0) is 43.0 Å². The molecule has 1 atom stereocenters. The van der Waals surface area contributed by atoms with Gasteiger partial charge in [-0.3, -0.25) is 4.79 Å². The number of hydrogen-bond acceptors (Lipinski definition) is 3. The van der Waals surface area contributed by atoms with Crippen LogP contribution in [0.25, 0.3) is 0 Å². The van der Waals surface area contributed by atoms with Crippen LogP contribution < -0.4 is 15.4 Å². The van der Waals surface area contributed by atoms with Gasteiger partial charge in [0.2, 0.25) is 0 Å². The van der Waals surface area contributed by atoms with E-state index in [0.29, 0.717) is 6.54 Å². The zero-order chi connectivity index (χ0) is 14.2. The predicted molar refractivity (Wildman–Crippen MR) is 76.5 cm³/mol. The number of rotatable bonds is 3. The minimum atomic E-state index is -0.421. The lowest BCUT2D eigenvalue weighted by Crippen LogP contribution is -2.42. The molecular weight excluding hydrogens is 240 g/mol. The number of carbonyl (C=O) groups is 1. The summed E-state index contributed by atoms with van der Waals surface area (Å²) < 4.78 is 5.68. The molecule has 0 radical (unpaired) electrons. The van der Waals surface area contributed by atoms with Crippen LogP contribution in [0.15, 0.2) is 18.2 Å². The highest BCUT2D eigenvalue weighted by atomic mass is 16.5. The molecule has 2 N–H and O–H groups in total. The molecule has 0 aliphatic carbocycles. The van der Waals surface area contributed by atoms with Gasteiger partial charge >= 0.3 is 0 Å². The summed E-state index contributed by atoms with van der Waals surface area (Å²) in [5, 5.41) is 0. The van der Waals surface area contributed by atoms with Gasteiger partial charge in [0.25, 0.3) is 5.91 Å². The molecular formula is C15H22N2O2. The minimum Gasteiger partial charge on any atom is -0.479 e. The zero-order valence-electron chi connectivity index (χ0n) is 12.1. The van der Waals surface area contributed by atoms with Crippen LogP contribution >= 0.6 is 0 Å². The van der Waals surface area contributed by atoms with E-state index in [1.54, 1.807) is 18.9 Å². The van der Waals surface area contributed by atoms with Crippen LogP contribution in [0.1, 0.15) is 26.3 Å².